The Balaban J connectivity index is 0.00000147. The number of thiophene rings is 1. The molecular formula is C14H16ClN3OS. The van der Waals surface area contributed by atoms with E-state index in [4.69, 9.17) is 5.73 Å². The zero-order chi connectivity index (χ0) is 13.4. The molecule has 0 amide bonds. The number of nitrogen functional groups attached to an aromatic ring is 1. The summed E-state index contributed by atoms with van der Waals surface area (Å²) < 4.78 is 3.90. The van der Waals surface area contributed by atoms with E-state index in [0.29, 0.717) is 12.5 Å². The Hall–Kier alpha value is -1.56. The Morgan fingerprint density at radius 2 is 2.05 bits per heavy atom. The first-order valence-corrected chi connectivity index (χ1v) is 7.00. The Bertz CT molecular complexity index is 709. The monoisotopic (exact) mass is 309 g/mol. The fourth-order valence-corrected chi connectivity index (χ4v) is 3.04. The number of hydrogen-bond donors (Lipinski definition) is 2. The number of rotatable bonds is 3. The summed E-state index contributed by atoms with van der Waals surface area (Å²) in [6.45, 7) is 0.466. The van der Waals surface area contributed by atoms with Crippen molar-refractivity contribution in [2.45, 2.75) is 12.6 Å². The number of nitrogens with two attached hydrogens (primary N) is 1. The number of aliphatic hydroxyl groups excluding tert-OH is 1. The van der Waals surface area contributed by atoms with Crippen LogP contribution in [-0.2, 0) is 13.6 Å². The van der Waals surface area contributed by atoms with Crippen LogP contribution in [0.1, 0.15) is 11.0 Å². The van der Waals surface area contributed by atoms with Gasteiger partial charge in [0.25, 0.3) is 0 Å². The van der Waals surface area contributed by atoms with Crippen molar-refractivity contribution in [3.8, 4) is 0 Å². The number of aliphatic hydroxyl groups is 1. The molecule has 3 N–H and O–H groups in total. The number of nitrogens with zero attached hydrogens (tertiary/aromatic N) is 2. The maximum absolute atomic E-state index is 10.3. The van der Waals surface area contributed by atoms with Gasteiger partial charge in [0.05, 0.1) is 7.05 Å². The maximum atomic E-state index is 10.3. The van der Waals surface area contributed by atoms with E-state index in [9.17, 15) is 5.11 Å². The lowest BCUT2D eigenvalue weighted by atomic mass is 10.2. The topological polar surface area (TPSA) is 55.1 Å². The average Bonchev–Trinajstić information content (AvgIpc) is 3.03. The summed E-state index contributed by atoms with van der Waals surface area (Å²) in [4.78, 5) is 0.958. The van der Waals surface area contributed by atoms with Crippen molar-refractivity contribution in [3.63, 3.8) is 0 Å². The SMILES string of the molecule is C[n+]1c(N)n(CC(O)c2cccs2)c2ccccc21.[Cl-]. The van der Waals surface area contributed by atoms with Crippen molar-refractivity contribution in [2.75, 3.05) is 5.73 Å². The zero-order valence-corrected chi connectivity index (χ0v) is 12.6. The summed E-state index contributed by atoms with van der Waals surface area (Å²) in [7, 11) is 1.94. The molecule has 0 saturated carbocycles. The van der Waals surface area contributed by atoms with Gasteiger partial charge in [0, 0.05) is 4.88 Å². The van der Waals surface area contributed by atoms with Crippen LogP contribution >= 0.6 is 11.3 Å². The standard InChI is InChI=1S/C14H15N3OS.ClH/c1-16-10-5-2-3-6-11(10)17(14(16)15)9-12(18)13-7-4-8-19-13;/h2-8,12,15,18H,9H2,1H3;1H. The second-order valence-electron chi connectivity index (χ2n) is 4.55. The van der Waals surface area contributed by atoms with E-state index in [1.165, 1.54) is 0 Å². The van der Waals surface area contributed by atoms with Gasteiger partial charge in [0.2, 0.25) is 0 Å². The first-order valence-electron chi connectivity index (χ1n) is 6.12. The van der Waals surface area contributed by atoms with Gasteiger partial charge < -0.3 is 17.5 Å². The number of aromatic nitrogens is 2. The molecule has 1 atom stereocenters. The van der Waals surface area contributed by atoms with Crippen LogP contribution in [0.25, 0.3) is 11.0 Å². The summed E-state index contributed by atoms with van der Waals surface area (Å²) in [6, 6.07) is 11.9. The highest BCUT2D eigenvalue weighted by Gasteiger charge is 2.21. The summed E-state index contributed by atoms with van der Waals surface area (Å²) in [5.74, 6) is 0.650. The van der Waals surface area contributed by atoms with Gasteiger partial charge in [-0.25, -0.2) is 9.13 Å². The van der Waals surface area contributed by atoms with Crippen LogP contribution < -0.4 is 22.7 Å². The third kappa shape index (κ3) is 2.40. The van der Waals surface area contributed by atoms with E-state index in [-0.39, 0.29) is 12.4 Å². The Morgan fingerprint density at radius 3 is 2.75 bits per heavy atom. The van der Waals surface area contributed by atoms with E-state index in [0.717, 1.165) is 15.9 Å². The van der Waals surface area contributed by atoms with Gasteiger partial charge >= 0.3 is 5.95 Å². The van der Waals surface area contributed by atoms with E-state index in [2.05, 4.69) is 0 Å². The fourth-order valence-electron chi connectivity index (χ4n) is 2.34. The molecule has 4 nitrogen and oxygen atoms in total. The molecule has 0 fully saturated rings. The molecule has 3 aromatic rings. The van der Waals surface area contributed by atoms with Crippen LogP contribution in [0.5, 0.6) is 0 Å². The number of halogens is 1. The summed E-state index contributed by atoms with van der Waals surface area (Å²) in [6.07, 6.45) is -0.530. The van der Waals surface area contributed by atoms with Crippen LogP contribution in [0.15, 0.2) is 41.8 Å². The number of aryl methyl sites for hydroxylation is 1. The third-order valence-electron chi connectivity index (χ3n) is 3.38. The molecule has 1 aromatic carbocycles. The second-order valence-corrected chi connectivity index (χ2v) is 5.53. The minimum Gasteiger partial charge on any atom is -1.00 e. The van der Waals surface area contributed by atoms with Gasteiger partial charge in [-0.2, -0.15) is 0 Å². The minimum atomic E-state index is -0.530. The predicted molar refractivity (Wildman–Crippen MR) is 76.8 cm³/mol. The number of hydrogen-bond acceptors (Lipinski definition) is 3. The van der Waals surface area contributed by atoms with Gasteiger partial charge in [-0.3, -0.25) is 5.73 Å². The number of para-hydroxylation sites is 2. The highest BCUT2D eigenvalue weighted by atomic mass is 35.5. The Kier molecular flexibility index (Phi) is 4.32. The van der Waals surface area contributed by atoms with Crippen LogP contribution in [0, 0.1) is 0 Å². The molecule has 6 heteroatoms. The number of fused-ring (bicyclic) bond motifs is 1. The normalized spacial score (nSPS) is 12.3. The first kappa shape index (κ1) is 14.8. The van der Waals surface area contributed by atoms with Gasteiger partial charge in [-0.15, -0.1) is 11.3 Å². The average molecular weight is 310 g/mol. The first-order chi connectivity index (χ1) is 9.18. The van der Waals surface area contributed by atoms with Crippen molar-refractivity contribution in [2.24, 2.45) is 7.05 Å². The van der Waals surface area contributed by atoms with E-state index < -0.39 is 6.10 Å². The van der Waals surface area contributed by atoms with E-state index >= 15 is 0 Å². The molecule has 0 aliphatic rings. The second kappa shape index (κ2) is 5.83. The third-order valence-corrected chi connectivity index (χ3v) is 4.35. The van der Waals surface area contributed by atoms with Crippen LogP contribution in [-0.4, -0.2) is 9.67 Å². The van der Waals surface area contributed by atoms with Gasteiger partial charge in [-0.05, 0) is 23.6 Å². The Morgan fingerprint density at radius 1 is 1.30 bits per heavy atom. The Labute approximate surface area is 127 Å². The minimum absolute atomic E-state index is 0. The van der Waals surface area contributed by atoms with E-state index in [1.807, 2.05) is 58.0 Å². The number of imidazole rings is 1. The zero-order valence-electron chi connectivity index (χ0n) is 11.0. The molecule has 2 aromatic heterocycles. The molecule has 0 saturated heterocycles. The number of anilines is 1. The predicted octanol–water partition coefficient (Wildman–Crippen LogP) is -1.15. The lowest BCUT2D eigenvalue weighted by Crippen LogP contribution is -3.00. The summed E-state index contributed by atoms with van der Waals surface area (Å²) in [5, 5.41) is 12.2. The molecule has 0 spiro atoms. The highest BCUT2D eigenvalue weighted by Crippen LogP contribution is 2.23. The molecule has 20 heavy (non-hydrogen) atoms. The highest BCUT2D eigenvalue weighted by molar-refractivity contribution is 7.10. The largest absolute Gasteiger partial charge is 1.00 e. The molecule has 2 heterocycles. The quantitative estimate of drug-likeness (QED) is 0.600. The summed E-state index contributed by atoms with van der Waals surface area (Å²) in [5.41, 5.74) is 8.24. The van der Waals surface area contributed by atoms with Crippen molar-refractivity contribution in [1.29, 1.82) is 0 Å². The van der Waals surface area contributed by atoms with Gasteiger partial charge in [-0.1, -0.05) is 18.2 Å². The van der Waals surface area contributed by atoms with E-state index in [1.54, 1.807) is 11.3 Å². The lowest BCUT2D eigenvalue weighted by Gasteiger charge is -2.07. The number of benzene rings is 1. The summed E-state index contributed by atoms with van der Waals surface area (Å²) >= 11 is 1.56. The van der Waals surface area contributed by atoms with Gasteiger partial charge in [0.1, 0.15) is 23.7 Å². The van der Waals surface area contributed by atoms with Crippen molar-refractivity contribution in [3.05, 3.63) is 46.7 Å². The molecule has 0 bridgehead atoms. The molecule has 0 aliphatic carbocycles. The lowest BCUT2D eigenvalue weighted by molar-refractivity contribution is -0.630. The molecule has 3 rings (SSSR count). The maximum Gasteiger partial charge on any atom is 0.355 e. The molecular weight excluding hydrogens is 294 g/mol. The van der Waals surface area contributed by atoms with Crippen LogP contribution in [0.4, 0.5) is 5.95 Å². The fraction of sp³-hybridized carbons (Fsp3) is 0.214. The van der Waals surface area contributed by atoms with Crippen LogP contribution in [0.2, 0.25) is 0 Å². The van der Waals surface area contributed by atoms with Crippen molar-refractivity contribution in [1.82, 2.24) is 4.57 Å². The van der Waals surface area contributed by atoms with Crippen molar-refractivity contribution < 1.29 is 22.1 Å². The smallest absolute Gasteiger partial charge is 0.355 e. The molecule has 0 aliphatic heterocycles. The molecule has 106 valence electrons. The molecule has 1 unspecified atom stereocenters. The van der Waals surface area contributed by atoms with Gasteiger partial charge in [0.15, 0.2) is 0 Å². The molecule has 0 radical (unpaired) electrons. The van der Waals surface area contributed by atoms with Crippen molar-refractivity contribution >= 4 is 28.3 Å². The van der Waals surface area contributed by atoms with Crippen LogP contribution in [0.3, 0.4) is 0 Å².